The van der Waals surface area contributed by atoms with Gasteiger partial charge in [0.15, 0.2) is 0 Å². The van der Waals surface area contributed by atoms with E-state index in [1.807, 2.05) is 39.8 Å². The molecule has 1 N–H and O–H groups in total. The highest BCUT2D eigenvalue weighted by Gasteiger charge is 2.33. The number of ether oxygens (including phenoxy) is 1. The Balaban J connectivity index is 1.89. The first kappa shape index (κ1) is 16.4. The van der Waals surface area contributed by atoms with Crippen molar-refractivity contribution >= 4 is 39.3 Å². The lowest BCUT2D eigenvalue weighted by atomic mass is 10.1. The van der Waals surface area contributed by atoms with Gasteiger partial charge in [-0.05, 0) is 61.3 Å². The Morgan fingerprint density at radius 3 is 2.62 bits per heavy atom. The number of carbonyl (C=O) groups excluding carboxylic acids is 1. The third kappa shape index (κ3) is 4.27. The lowest BCUT2D eigenvalue weighted by molar-refractivity contribution is 0.0105. The van der Waals surface area contributed by atoms with Crippen LogP contribution in [0, 0.1) is 6.92 Å². The standard InChI is InChI=1S/C15H20BrClN2O2/c1-9-5-11(16)13(6-12(9)17)18-10-7-19(8-10)14(20)21-15(2,3)4/h5-6,10,18H,7-8H2,1-4H3. The van der Waals surface area contributed by atoms with Crippen LogP contribution in [-0.4, -0.2) is 35.7 Å². The molecule has 0 radical (unpaired) electrons. The molecule has 1 aromatic carbocycles. The van der Waals surface area contributed by atoms with Crippen LogP contribution in [0.4, 0.5) is 10.5 Å². The fourth-order valence-corrected chi connectivity index (χ4v) is 2.76. The van der Waals surface area contributed by atoms with Crippen LogP contribution in [0.2, 0.25) is 5.02 Å². The number of halogens is 2. The summed E-state index contributed by atoms with van der Waals surface area (Å²) in [6.45, 7) is 8.83. The van der Waals surface area contributed by atoms with Gasteiger partial charge in [-0.25, -0.2) is 4.79 Å². The van der Waals surface area contributed by atoms with Crippen molar-refractivity contribution in [2.24, 2.45) is 0 Å². The molecule has 0 aromatic heterocycles. The molecule has 2 rings (SSSR count). The number of hydrogen-bond acceptors (Lipinski definition) is 3. The number of nitrogens with zero attached hydrogens (tertiary/aromatic N) is 1. The fourth-order valence-electron chi connectivity index (χ4n) is 2.02. The molecule has 0 bridgehead atoms. The van der Waals surface area contributed by atoms with Gasteiger partial charge in [0.25, 0.3) is 0 Å². The second-order valence-electron chi connectivity index (χ2n) is 6.31. The summed E-state index contributed by atoms with van der Waals surface area (Å²) in [6.07, 6.45) is -0.262. The second-order valence-corrected chi connectivity index (χ2v) is 7.57. The summed E-state index contributed by atoms with van der Waals surface area (Å²) < 4.78 is 6.30. The van der Waals surface area contributed by atoms with Crippen molar-refractivity contribution in [1.29, 1.82) is 0 Å². The molecular formula is C15H20BrClN2O2. The maximum absolute atomic E-state index is 11.9. The molecular weight excluding hydrogens is 356 g/mol. The molecule has 0 unspecified atom stereocenters. The maximum Gasteiger partial charge on any atom is 0.410 e. The van der Waals surface area contributed by atoms with E-state index in [9.17, 15) is 4.79 Å². The second kappa shape index (κ2) is 6.05. The van der Waals surface area contributed by atoms with Crippen LogP contribution in [0.3, 0.4) is 0 Å². The molecule has 0 aliphatic carbocycles. The number of likely N-dealkylation sites (tertiary alicyclic amines) is 1. The van der Waals surface area contributed by atoms with Crippen LogP contribution in [0.25, 0.3) is 0 Å². The maximum atomic E-state index is 11.9. The van der Waals surface area contributed by atoms with Gasteiger partial charge in [-0.3, -0.25) is 0 Å². The van der Waals surface area contributed by atoms with Gasteiger partial charge in [0.1, 0.15) is 5.60 Å². The molecule has 1 heterocycles. The topological polar surface area (TPSA) is 41.6 Å². The lowest BCUT2D eigenvalue weighted by Gasteiger charge is -2.40. The zero-order valence-corrected chi connectivity index (χ0v) is 15.0. The minimum absolute atomic E-state index is 0.215. The Morgan fingerprint density at radius 2 is 2.05 bits per heavy atom. The monoisotopic (exact) mass is 374 g/mol. The number of aryl methyl sites for hydroxylation is 1. The molecule has 4 nitrogen and oxygen atoms in total. The first-order valence-electron chi connectivity index (χ1n) is 6.86. The Hall–Kier alpha value is -0.940. The van der Waals surface area contributed by atoms with Crippen LogP contribution in [0.15, 0.2) is 16.6 Å². The summed E-state index contributed by atoms with van der Waals surface area (Å²) in [5.74, 6) is 0. The first-order valence-corrected chi connectivity index (χ1v) is 8.03. The third-order valence-electron chi connectivity index (χ3n) is 3.14. The van der Waals surface area contributed by atoms with Crippen molar-refractivity contribution in [1.82, 2.24) is 4.90 Å². The molecule has 1 aliphatic heterocycles. The number of carbonyl (C=O) groups is 1. The van der Waals surface area contributed by atoms with E-state index >= 15 is 0 Å². The summed E-state index contributed by atoms with van der Waals surface area (Å²) in [6, 6.07) is 4.10. The summed E-state index contributed by atoms with van der Waals surface area (Å²) in [5, 5.41) is 4.11. The van der Waals surface area contributed by atoms with Crippen LogP contribution in [-0.2, 0) is 4.74 Å². The fraction of sp³-hybridized carbons (Fsp3) is 0.533. The van der Waals surface area contributed by atoms with Crippen molar-refractivity contribution in [3.05, 3.63) is 27.2 Å². The number of hydrogen-bond donors (Lipinski definition) is 1. The Kier molecular flexibility index (Phi) is 4.73. The highest BCUT2D eigenvalue weighted by atomic mass is 79.9. The number of anilines is 1. The van der Waals surface area contributed by atoms with Crippen LogP contribution < -0.4 is 5.32 Å². The minimum atomic E-state index is -0.455. The van der Waals surface area contributed by atoms with Gasteiger partial charge in [0.05, 0.1) is 11.7 Å². The first-order chi connectivity index (χ1) is 9.65. The van der Waals surface area contributed by atoms with E-state index in [-0.39, 0.29) is 12.1 Å². The lowest BCUT2D eigenvalue weighted by Crippen LogP contribution is -2.57. The molecule has 0 spiro atoms. The zero-order valence-electron chi connectivity index (χ0n) is 12.7. The third-order valence-corrected chi connectivity index (χ3v) is 4.20. The molecule has 21 heavy (non-hydrogen) atoms. The largest absolute Gasteiger partial charge is 0.444 e. The number of rotatable bonds is 2. The van der Waals surface area contributed by atoms with E-state index in [2.05, 4.69) is 21.2 Å². The number of amides is 1. The quantitative estimate of drug-likeness (QED) is 0.830. The van der Waals surface area contributed by atoms with E-state index < -0.39 is 5.60 Å². The molecule has 6 heteroatoms. The van der Waals surface area contributed by atoms with Crippen molar-refractivity contribution in [2.75, 3.05) is 18.4 Å². The predicted molar refractivity (Wildman–Crippen MR) is 89.1 cm³/mol. The smallest absolute Gasteiger partial charge is 0.410 e. The van der Waals surface area contributed by atoms with Gasteiger partial charge in [0.2, 0.25) is 0 Å². The minimum Gasteiger partial charge on any atom is -0.444 e. The molecule has 1 fully saturated rings. The van der Waals surface area contributed by atoms with Gasteiger partial charge in [-0.1, -0.05) is 11.6 Å². The average molecular weight is 376 g/mol. The van der Waals surface area contributed by atoms with Crippen molar-refractivity contribution < 1.29 is 9.53 Å². The van der Waals surface area contributed by atoms with Crippen LogP contribution in [0.1, 0.15) is 26.3 Å². The highest BCUT2D eigenvalue weighted by molar-refractivity contribution is 9.10. The molecule has 1 saturated heterocycles. The summed E-state index contributed by atoms with van der Waals surface area (Å²) in [5.41, 5.74) is 1.51. The summed E-state index contributed by atoms with van der Waals surface area (Å²) in [4.78, 5) is 13.5. The van der Waals surface area contributed by atoms with E-state index in [1.165, 1.54) is 0 Å². The van der Waals surface area contributed by atoms with Gasteiger partial charge in [0, 0.05) is 22.6 Å². The van der Waals surface area contributed by atoms with Crippen LogP contribution in [0.5, 0.6) is 0 Å². The SMILES string of the molecule is Cc1cc(Br)c(NC2CN(C(=O)OC(C)(C)C)C2)cc1Cl. The highest BCUT2D eigenvalue weighted by Crippen LogP contribution is 2.30. The molecule has 116 valence electrons. The molecule has 0 atom stereocenters. The Morgan fingerprint density at radius 1 is 1.43 bits per heavy atom. The van der Waals surface area contributed by atoms with Gasteiger partial charge in [-0.15, -0.1) is 0 Å². The van der Waals surface area contributed by atoms with Gasteiger partial charge >= 0.3 is 6.09 Å². The average Bonchev–Trinajstić information content (AvgIpc) is 2.26. The van der Waals surface area contributed by atoms with Crippen molar-refractivity contribution in [2.45, 2.75) is 39.3 Å². The molecule has 0 saturated carbocycles. The van der Waals surface area contributed by atoms with E-state index in [1.54, 1.807) is 4.90 Å². The summed E-state index contributed by atoms with van der Waals surface area (Å²) in [7, 11) is 0. The van der Waals surface area contributed by atoms with E-state index in [0.29, 0.717) is 13.1 Å². The van der Waals surface area contributed by atoms with Crippen LogP contribution >= 0.6 is 27.5 Å². The van der Waals surface area contributed by atoms with Gasteiger partial charge < -0.3 is 15.0 Å². The predicted octanol–water partition coefficient (Wildman–Crippen LogP) is 4.44. The molecule has 1 aliphatic rings. The van der Waals surface area contributed by atoms with E-state index in [4.69, 9.17) is 16.3 Å². The number of nitrogens with one attached hydrogen (secondary N) is 1. The summed E-state index contributed by atoms with van der Waals surface area (Å²) >= 11 is 9.66. The zero-order chi connectivity index (χ0) is 15.8. The molecule has 1 aromatic rings. The van der Waals surface area contributed by atoms with Crippen molar-refractivity contribution in [3.63, 3.8) is 0 Å². The molecule has 1 amide bonds. The van der Waals surface area contributed by atoms with E-state index in [0.717, 1.165) is 20.7 Å². The van der Waals surface area contributed by atoms with Gasteiger partial charge in [-0.2, -0.15) is 0 Å². The number of benzene rings is 1. The normalized spacial score (nSPS) is 15.6. The van der Waals surface area contributed by atoms with Crippen molar-refractivity contribution in [3.8, 4) is 0 Å². The Bertz CT molecular complexity index is 551. The Labute approximate surface area is 138 Å².